The quantitative estimate of drug-likeness (QED) is 0.0887. The van der Waals surface area contributed by atoms with Crippen LogP contribution in [0.4, 0.5) is 20.1 Å². The molecule has 3 aromatic heterocycles. The first-order valence-corrected chi connectivity index (χ1v) is 33.4. The van der Waals surface area contributed by atoms with Crippen LogP contribution in [0, 0.1) is 37.5 Å². The van der Waals surface area contributed by atoms with Crippen LogP contribution in [-0.4, -0.2) is 205 Å². The van der Waals surface area contributed by atoms with Crippen molar-refractivity contribution in [1.82, 2.24) is 69.8 Å². The van der Waals surface area contributed by atoms with E-state index in [-0.39, 0.29) is 36.4 Å². The number of likely N-dealkylation sites (tertiary alicyclic amines) is 6. The van der Waals surface area contributed by atoms with Crippen LogP contribution in [0.15, 0.2) is 77.6 Å². The Hall–Kier alpha value is -8.38. The van der Waals surface area contributed by atoms with E-state index in [1.54, 1.807) is 9.80 Å². The Kier molecular flexibility index (Phi) is 18.4. The molecular formula is C68H87N15O9. The summed E-state index contributed by atoms with van der Waals surface area (Å²) in [5.74, 6) is 2.43. The van der Waals surface area contributed by atoms with Gasteiger partial charge in [-0.2, -0.15) is 30.8 Å². The van der Waals surface area contributed by atoms with Crippen molar-refractivity contribution >= 4 is 68.9 Å². The van der Waals surface area contributed by atoms with E-state index in [1.165, 1.54) is 25.7 Å². The van der Waals surface area contributed by atoms with E-state index in [0.717, 1.165) is 119 Å². The molecule has 14 rings (SSSR count). The number of hydrogen-bond donors (Lipinski definition) is 4. The SMILES string of the molecule is Cc1cc(CC(OC(=O)N2CCC(n3c(=O)[nH]c4ccccc43)CC2)C(=O)N2CCC(C3CCN(C)CC3)CC2)cc2n[nH]nc12.Cc1cc(CC(OC(=O)N2CCC3(CC2)OC(=O)Nc2ccccc23)C(=O)N2CCC(C3CCN(C)CC3)CC2)cc2n[nH]nc12. The molecule has 6 fully saturated rings. The molecule has 7 aliphatic heterocycles. The van der Waals surface area contributed by atoms with E-state index < -0.39 is 36.1 Å². The number of nitrogens with one attached hydrogen (secondary N) is 4. The Bertz CT molecular complexity index is 3850. The molecule has 4 aromatic carbocycles. The summed E-state index contributed by atoms with van der Waals surface area (Å²) in [4.78, 5) is 95.4. The topological polar surface area (TPSA) is 265 Å². The maximum atomic E-state index is 14.1. The van der Waals surface area contributed by atoms with Gasteiger partial charge in [0.05, 0.1) is 16.7 Å². The number of carbonyl (C=O) groups excluding carboxylic acids is 5. The summed E-state index contributed by atoms with van der Waals surface area (Å²) in [6.07, 6.45) is 8.09. The molecule has 2 atom stereocenters. The van der Waals surface area contributed by atoms with E-state index in [9.17, 15) is 28.8 Å². The molecule has 24 nitrogen and oxygen atoms in total. The molecule has 24 heteroatoms. The van der Waals surface area contributed by atoms with Crippen molar-refractivity contribution in [2.24, 2.45) is 23.7 Å². The number of piperidine rings is 6. The highest BCUT2D eigenvalue weighted by Crippen LogP contribution is 2.44. The summed E-state index contributed by atoms with van der Waals surface area (Å²) in [5, 5.41) is 25.1. The summed E-state index contributed by atoms with van der Waals surface area (Å²) >= 11 is 0. The minimum Gasteiger partial charge on any atom is -0.438 e. The third-order valence-corrected chi connectivity index (χ3v) is 21.3. The lowest BCUT2D eigenvalue weighted by Crippen LogP contribution is -2.52. The predicted molar refractivity (Wildman–Crippen MR) is 346 cm³/mol. The normalized spacial score (nSPS) is 20.8. The average molecular weight is 1260 g/mol. The molecule has 1 spiro atoms. The number of aryl methyl sites for hydroxylation is 2. The van der Waals surface area contributed by atoms with E-state index in [0.29, 0.717) is 101 Å². The number of benzene rings is 4. The number of H-pyrrole nitrogens is 3. The lowest BCUT2D eigenvalue weighted by Gasteiger charge is -2.44. The zero-order chi connectivity index (χ0) is 63.6. The van der Waals surface area contributed by atoms with Gasteiger partial charge in [-0.1, -0.05) is 42.5 Å². The number of anilines is 1. The minimum atomic E-state index is -0.968. The highest BCUT2D eigenvalue weighted by Gasteiger charge is 2.46. The molecule has 5 amide bonds. The van der Waals surface area contributed by atoms with E-state index in [1.807, 2.05) is 101 Å². The van der Waals surface area contributed by atoms with Crippen molar-refractivity contribution in [2.45, 2.75) is 128 Å². The predicted octanol–water partition coefficient (Wildman–Crippen LogP) is 8.32. The number of ether oxygens (including phenoxy) is 3. The number of amides is 5. The molecule has 7 aromatic rings. The van der Waals surface area contributed by atoms with E-state index >= 15 is 0 Å². The first kappa shape index (κ1) is 62.4. The molecule has 4 N–H and O–H groups in total. The molecule has 0 aliphatic carbocycles. The molecule has 92 heavy (non-hydrogen) atoms. The smallest absolute Gasteiger partial charge is 0.412 e. The van der Waals surface area contributed by atoms with Crippen molar-refractivity contribution in [3.05, 3.63) is 111 Å². The summed E-state index contributed by atoms with van der Waals surface area (Å²) in [5.41, 5.74) is 9.04. The number of fused-ring (bicyclic) bond motifs is 5. The van der Waals surface area contributed by atoms with E-state index in [2.05, 4.69) is 65.0 Å². The van der Waals surface area contributed by atoms with Crippen molar-refractivity contribution in [3.8, 4) is 0 Å². The first-order valence-electron chi connectivity index (χ1n) is 33.4. The summed E-state index contributed by atoms with van der Waals surface area (Å²) < 4.78 is 19.8. The van der Waals surface area contributed by atoms with Gasteiger partial charge >= 0.3 is 24.0 Å². The molecule has 0 bridgehead atoms. The summed E-state index contributed by atoms with van der Waals surface area (Å²) in [6.45, 7) is 12.8. The van der Waals surface area contributed by atoms with Gasteiger partial charge in [-0.15, -0.1) is 0 Å². The van der Waals surface area contributed by atoms with Crippen LogP contribution >= 0.6 is 0 Å². The Morgan fingerprint density at radius 2 is 1.00 bits per heavy atom. The van der Waals surface area contributed by atoms with Gasteiger partial charge in [0.1, 0.15) is 27.7 Å². The maximum Gasteiger partial charge on any atom is 0.412 e. The van der Waals surface area contributed by atoms with Crippen LogP contribution < -0.4 is 11.0 Å². The fraction of sp³-hybridized carbons (Fsp3) is 0.559. The van der Waals surface area contributed by atoms with E-state index in [4.69, 9.17) is 14.2 Å². The zero-order valence-corrected chi connectivity index (χ0v) is 53.4. The van der Waals surface area contributed by atoms with Crippen LogP contribution in [0.3, 0.4) is 0 Å². The van der Waals surface area contributed by atoms with Gasteiger partial charge in [-0.05, 0) is 195 Å². The van der Waals surface area contributed by atoms with Crippen LogP contribution in [0.1, 0.15) is 111 Å². The van der Waals surface area contributed by atoms with Crippen LogP contribution in [0.2, 0.25) is 0 Å². The number of rotatable bonds is 11. The van der Waals surface area contributed by atoms with Gasteiger partial charge in [-0.3, -0.25) is 19.5 Å². The lowest BCUT2D eigenvalue weighted by molar-refractivity contribution is -0.143. The summed E-state index contributed by atoms with van der Waals surface area (Å²) in [7, 11) is 4.37. The first-order chi connectivity index (χ1) is 44.6. The van der Waals surface area contributed by atoms with Crippen LogP contribution in [-0.2, 0) is 42.2 Å². The van der Waals surface area contributed by atoms with Crippen molar-refractivity contribution < 1.29 is 38.2 Å². The van der Waals surface area contributed by atoms with Crippen LogP contribution in [0.25, 0.3) is 33.1 Å². The number of aromatic nitrogens is 8. The number of aromatic amines is 3. The number of para-hydroxylation sites is 3. The second kappa shape index (κ2) is 27.1. The molecule has 7 aliphatic rings. The van der Waals surface area contributed by atoms with Gasteiger partial charge in [0.2, 0.25) is 0 Å². The van der Waals surface area contributed by atoms with Gasteiger partial charge in [0.15, 0.2) is 12.2 Å². The maximum absolute atomic E-state index is 14.1. The Labute approximate surface area is 535 Å². The molecule has 10 heterocycles. The average Bonchev–Trinajstić information content (AvgIpc) is 0.823. The minimum absolute atomic E-state index is 0.0202. The number of imidazole rings is 1. The van der Waals surface area contributed by atoms with Gasteiger partial charge in [0.25, 0.3) is 11.8 Å². The lowest BCUT2D eigenvalue weighted by atomic mass is 9.79. The van der Waals surface area contributed by atoms with Gasteiger partial charge in [-0.25, -0.2) is 19.2 Å². The van der Waals surface area contributed by atoms with Gasteiger partial charge < -0.3 is 48.6 Å². The Balaban J connectivity index is 0.000000168. The molecule has 0 radical (unpaired) electrons. The fourth-order valence-corrected chi connectivity index (χ4v) is 15.9. The van der Waals surface area contributed by atoms with Gasteiger partial charge in [0, 0.05) is 89.6 Å². The number of hydrogen-bond acceptors (Lipinski definition) is 15. The molecule has 2 unspecified atom stereocenters. The molecule has 488 valence electrons. The van der Waals surface area contributed by atoms with Crippen molar-refractivity contribution in [2.75, 3.05) is 97.9 Å². The standard InChI is InChI=1S/C34H44N8O4.C34H43N7O5/c1-22-19-23(20-28-31(22)37-38-36-28)21-30(32(43)40-15-9-25(10-16-40)24-7-13-39(2)14-8-24)46-34(45)41-17-11-26(12-18-41)42-29-6-4-3-5-27(29)35-33(42)44;1-22-19-23(20-28-30(22)37-38-36-28)21-29(31(42)40-15-9-25(10-16-40)24-7-13-39(2)14-8-24)45-33(44)41-17-11-34(12-18-41)26-5-3-4-6-27(26)35-32(43)46-34/h3-6,19-20,24-26,30H,7-18,21H2,1-2H3,(H,35,44)(H,36,37,38);3-6,19-20,24-25,29H,7-18,21H2,1-2H3,(H,35,43)(H,36,37,38). The zero-order valence-electron chi connectivity index (χ0n) is 53.4. The molecule has 6 saturated heterocycles. The monoisotopic (exact) mass is 1260 g/mol. The Morgan fingerprint density at radius 3 is 1.51 bits per heavy atom. The second-order valence-corrected chi connectivity index (χ2v) is 27.0. The highest BCUT2D eigenvalue weighted by molar-refractivity contribution is 5.89. The third kappa shape index (κ3) is 13.4. The number of nitrogens with zero attached hydrogens (tertiary/aromatic N) is 11. The summed E-state index contributed by atoms with van der Waals surface area (Å²) in [6, 6.07) is 23.1. The molecule has 0 saturated carbocycles. The largest absolute Gasteiger partial charge is 0.438 e. The van der Waals surface area contributed by atoms with Crippen LogP contribution in [0.5, 0.6) is 0 Å². The van der Waals surface area contributed by atoms with Crippen molar-refractivity contribution in [3.63, 3.8) is 0 Å². The third-order valence-electron chi connectivity index (χ3n) is 21.3. The Morgan fingerprint density at radius 1 is 0.554 bits per heavy atom. The van der Waals surface area contributed by atoms with Crippen molar-refractivity contribution in [1.29, 1.82) is 0 Å². The highest BCUT2D eigenvalue weighted by atomic mass is 16.6. The fourth-order valence-electron chi connectivity index (χ4n) is 15.9. The second-order valence-electron chi connectivity index (χ2n) is 27.0. The molecular weight excluding hydrogens is 1170 g/mol. The number of carbonyl (C=O) groups is 5.